The third-order valence-electron chi connectivity index (χ3n) is 4.45. The molecule has 3 nitrogen and oxygen atoms in total. The first-order valence-corrected chi connectivity index (χ1v) is 9.95. The Morgan fingerprint density at radius 3 is 2.33 bits per heavy atom. The number of rotatable bonds is 5. The highest BCUT2D eigenvalue weighted by Crippen LogP contribution is 2.28. The van der Waals surface area contributed by atoms with Gasteiger partial charge in [0.25, 0.3) is 0 Å². The van der Waals surface area contributed by atoms with Crippen LogP contribution >= 0.6 is 11.3 Å². The van der Waals surface area contributed by atoms with Gasteiger partial charge in [0.1, 0.15) is 28.3 Å². The van der Waals surface area contributed by atoms with Crippen molar-refractivity contribution < 1.29 is 8.78 Å². The van der Waals surface area contributed by atoms with E-state index in [1.807, 2.05) is 47.8 Å². The normalized spacial score (nSPS) is 11.2. The van der Waals surface area contributed by atoms with Gasteiger partial charge in [-0.15, -0.1) is 11.3 Å². The van der Waals surface area contributed by atoms with E-state index in [2.05, 4.69) is 28.5 Å². The van der Waals surface area contributed by atoms with Gasteiger partial charge in [0.15, 0.2) is 0 Å². The van der Waals surface area contributed by atoms with Crippen LogP contribution in [0.25, 0.3) is 28.0 Å². The Morgan fingerprint density at radius 2 is 1.63 bits per heavy atom. The molecule has 0 spiro atoms. The molecular formula is C24H15F2N3S. The number of thiazole rings is 1. The van der Waals surface area contributed by atoms with Gasteiger partial charge in [-0.25, -0.2) is 13.8 Å². The van der Waals surface area contributed by atoms with Gasteiger partial charge in [-0.2, -0.15) is 5.26 Å². The predicted molar refractivity (Wildman–Crippen MR) is 117 cm³/mol. The molecular weight excluding hydrogens is 400 g/mol. The van der Waals surface area contributed by atoms with Crippen LogP contribution in [0.15, 0.2) is 84.4 Å². The van der Waals surface area contributed by atoms with Crippen LogP contribution in [0.4, 0.5) is 14.5 Å². The van der Waals surface area contributed by atoms with Crippen molar-refractivity contribution in [1.82, 2.24) is 4.98 Å². The second-order valence-electron chi connectivity index (χ2n) is 6.42. The Bertz CT molecular complexity index is 1240. The van der Waals surface area contributed by atoms with Crippen molar-refractivity contribution in [3.05, 3.63) is 101 Å². The van der Waals surface area contributed by atoms with E-state index in [1.165, 1.54) is 23.6 Å². The minimum atomic E-state index is -0.734. The van der Waals surface area contributed by atoms with Gasteiger partial charge in [0.2, 0.25) is 0 Å². The molecule has 3 aromatic carbocycles. The Labute approximate surface area is 176 Å². The molecule has 0 aliphatic rings. The molecule has 0 saturated heterocycles. The summed E-state index contributed by atoms with van der Waals surface area (Å²) in [7, 11) is 0. The van der Waals surface area contributed by atoms with Crippen LogP contribution in [0.3, 0.4) is 0 Å². The zero-order chi connectivity index (χ0) is 20.9. The highest BCUT2D eigenvalue weighted by molar-refractivity contribution is 7.11. The Morgan fingerprint density at radius 1 is 0.933 bits per heavy atom. The molecule has 0 bridgehead atoms. The molecule has 6 heteroatoms. The van der Waals surface area contributed by atoms with Crippen LogP contribution in [-0.2, 0) is 0 Å². The summed E-state index contributed by atoms with van der Waals surface area (Å²) < 4.78 is 26.8. The lowest BCUT2D eigenvalue weighted by Gasteiger charge is -2.03. The quantitative estimate of drug-likeness (QED) is 0.368. The summed E-state index contributed by atoms with van der Waals surface area (Å²) in [6.45, 7) is 0. The second kappa shape index (κ2) is 8.68. The Kier molecular flexibility index (Phi) is 5.64. The number of hydrogen-bond acceptors (Lipinski definition) is 4. The third-order valence-corrected chi connectivity index (χ3v) is 5.32. The molecule has 146 valence electrons. The summed E-state index contributed by atoms with van der Waals surface area (Å²) in [6, 6.07) is 23.4. The molecule has 0 radical (unpaired) electrons. The lowest BCUT2D eigenvalue weighted by molar-refractivity contribution is 0.586. The molecule has 1 aromatic heterocycles. The third kappa shape index (κ3) is 4.27. The maximum atomic E-state index is 13.8. The Hall–Kier alpha value is -3.82. The fourth-order valence-corrected chi connectivity index (χ4v) is 3.69. The number of allylic oxidation sites excluding steroid dienone is 1. The van der Waals surface area contributed by atoms with E-state index in [-0.39, 0.29) is 11.3 Å². The molecule has 4 rings (SSSR count). The zero-order valence-electron chi connectivity index (χ0n) is 15.6. The number of halogens is 2. The van der Waals surface area contributed by atoms with Crippen molar-refractivity contribution in [2.75, 3.05) is 5.32 Å². The first kappa shape index (κ1) is 19.5. The number of aromatic nitrogens is 1. The van der Waals surface area contributed by atoms with E-state index in [0.29, 0.717) is 5.01 Å². The summed E-state index contributed by atoms with van der Waals surface area (Å²) in [4.78, 5) is 4.54. The monoisotopic (exact) mass is 415 g/mol. The predicted octanol–water partition coefficient (Wildman–Crippen LogP) is 6.73. The number of nitriles is 1. The lowest BCUT2D eigenvalue weighted by atomic mass is 10.0. The number of anilines is 1. The van der Waals surface area contributed by atoms with Crippen LogP contribution in [0.2, 0.25) is 0 Å². The smallest absolute Gasteiger partial charge is 0.149 e. The first-order valence-electron chi connectivity index (χ1n) is 9.07. The summed E-state index contributed by atoms with van der Waals surface area (Å²) in [5, 5.41) is 14.6. The summed E-state index contributed by atoms with van der Waals surface area (Å²) in [5.41, 5.74) is 4.28. The Balaban J connectivity index is 1.54. The lowest BCUT2D eigenvalue weighted by Crippen LogP contribution is -1.94. The van der Waals surface area contributed by atoms with Crippen molar-refractivity contribution in [3.63, 3.8) is 0 Å². The summed E-state index contributed by atoms with van der Waals surface area (Å²) in [5.74, 6) is -1.40. The minimum Gasteiger partial charge on any atom is -0.358 e. The van der Waals surface area contributed by atoms with Crippen LogP contribution in [0, 0.1) is 23.0 Å². The molecule has 1 heterocycles. The fourth-order valence-electron chi connectivity index (χ4n) is 2.89. The molecule has 0 atom stereocenters. The molecule has 1 N–H and O–H groups in total. The standard InChI is InChI=1S/C24H15F2N3S/c25-20-10-11-22(21(26)12-20)28-14-19(13-27)24-29-23(15-30-24)18-8-6-17(7-9-18)16-4-2-1-3-5-16/h1-12,14-15,28H/b19-14-. The van der Waals surface area contributed by atoms with Crippen LogP contribution in [0.5, 0.6) is 0 Å². The van der Waals surface area contributed by atoms with Gasteiger partial charge < -0.3 is 5.32 Å². The van der Waals surface area contributed by atoms with Gasteiger partial charge in [0.05, 0.1) is 11.4 Å². The van der Waals surface area contributed by atoms with Gasteiger partial charge >= 0.3 is 0 Å². The van der Waals surface area contributed by atoms with E-state index >= 15 is 0 Å². The van der Waals surface area contributed by atoms with Crippen molar-refractivity contribution in [2.24, 2.45) is 0 Å². The van der Waals surface area contributed by atoms with E-state index in [4.69, 9.17) is 0 Å². The van der Waals surface area contributed by atoms with Crippen molar-refractivity contribution in [3.8, 4) is 28.5 Å². The minimum absolute atomic E-state index is 0.0810. The van der Waals surface area contributed by atoms with E-state index in [1.54, 1.807) is 0 Å². The van der Waals surface area contributed by atoms with Crippen molar-refractivity contribution in [1.29, 1.82) is 5.26 Å². The number of nitrogens with zero attached hydrogens (tertiary/aromatic N) is 2. The van der Waals surface area contributed by atoms with E-state index < -0.39 is 11.6 Å². The van der Waals surface area contributed by atoms with E-state index in [0.717, 1.165) is 34.5 Å². The average molecular weight is 415 g/mol. The first-order chi connectivity index (χ1) is 14.6. The molecule has 0 aliphatic heterocycles. The number of benzene rings is 3. The van der Waals surface area contributed by atoms with Crippen LogP contribution in [-0.4, -0.2) is 4.98 Å². The van der Waals surface area contributed by atoms with Crippen LogP contribution in [0.1, 0.15) is 5.01 Å². The number of hydrogen-bond donors (Lipinski definition) is 1. The molecule has 0 fully saturated rings. The summed E-state index contributed by atoms with van der Waals surface area (Å²) >= 11 is 1.32. The van der Waals surface area contributed by atoms with Gasteiger partial charge in [-0.05, 0) is 23.3 Å². The SMILES string of the molecule is N#C/C(=C/Nc1ccc(F)cc1F)c1nc(-c2ccc(-c3ccccc3)cc2)cs1. The van der Waals surface area contributed by atoms with Gasteiger partial charge in [-0.1, -0.05) is 54.6 Å². The highest BCUT2D eigenvalue weighted by Gasteiger charge is 2.10. The molecule has 0 aliphatic carbocycles. The molecule has 4 aromatic rings. The number of nitrogens with one attached hydrogen (secondary N) is 1. The van der Waals surface area contributed by atoms with Gasteiger partial charge in [0, 0.05) is 23.2 Å². The molecule has 0 saturated carbocycles. The largest absolute Gasteiger partial charge is 0.358 e. The average Bonchev–Trinajstić information content (AvgIpc) is 3.26. The van der Waals surface area contributed by atoms with Gasteiger partial charge in [-0.3, -0.25) is 0 Å². The van der Waals surface area contributed by atoms with Crippen molar-refractivity contribution >= 4 is 22.6 Å². The van der Waals surface area contributed by atoms with E-state index in [9.17, 15) is 14.0 Å². The van der Waals surface area contributed by atoms with Crippen LogP contribution < -0.4 is 5.32 Å². The topological polar surface area (TPSA) is 48.7 Å². The maximum absolute atomic E-state index is 13.8. The second-order valence-corrected chi connectivity index (χ2v) is 7.28. The zero-order valence-corrected chi connectivity index (χ0v) is 16.5. The maximum Gasteiger partial charge on any atom is 0.149 e. The fraction of sp³-hybridized carbons (Fsp3) is 0. The summed E-state index contributed by atoms with van der Waals surface area (Å²) in [6.07, 6.45) is 1.37. The van der Waals surface area contributed by atoms with Crippen molar-refractivity contribution in [2.45, 2.75) is 0 Å². The molecule has 0 unspecified atom stereocenters. The highest BCUT2D eigenvalue weighted by atomic mass is 32.1. The molecule has 0 amide bonds. The molecule has 30 heavy (non-hydrogen) atoms.